The second-order valence-electron chi connectivity index (χ2n) is 10.9. The van der Waals surface area contributed by atoms with Gasteiger partial charge in [-0.05, 0) is 47.8 Å². The summed E-state index contributed by atoms with van der Waals surface area (Å²) in [5.74, 6) is 5.99. The molecule has 0 aliphatic carbocycles. The van der Waals surface area contributed by atoms with Gasteiger partial charge in [0.25, 0.3) is 0 Å². The van der Waals surface area contributed by atoms with Crippen LogP contribution in [0, 0.1) is 41.4 Å². The van der Waals surface area contributed by atoms with Crippen LogP contribution in [0.3, 0.4) is 0 Å². The Morgan fingerprint density at radius 3 is 0.625 bits per heavy atom. The Morgan fingerprint density at radius 1 is 0.375 bits per heavy atom. The summed E-state index contributed by atoms with van der Waals surface area (Å²) in [4.78, 5) is 0. The maximum absolute atomic E-state index is 2.36. The molecule has 0 aliphatic rings. The molecular formula is C32H78. The molecule has 0 radical (unpaired) electrons. The monoisotopic (exact) mass is 463 g/mol. The maximum Gasteiger partial charge on any atom is -0.0391 e. The van der Waals surface area contributed by atoms with Crippen molar-refractivity contribution in [3.8, 4) is 0 Å². The molecule has 0 heterocycles. The zero-order valence-corrected chi connectivity index (χ0v) is 26.6. The lowest BCUT2D eigenvalue weighted by atomic mass is 9.80. The van der Waals surface area contributed by atoms with Gasteiger partial charge in [0.1, 0.15) is 0 Å². The first-order valence-electron chi connectivity index (χ1n) is 14.2. The Labute approximate surface area is 212 Å². The molecule has 0 nitrogen and oxygen atoms in total. The molecule has 0 rings (SSSR count). The van der Waals surface area contributed by atoms with Gasteiger partial charge in [-0.15, -0.1) is 0 Å². The van der Waals surface area contributed by atoms with Crippen molar-refractivity contribution in [1.82, 2.24) is 0 Å². The molecule has 32 heavy (non-hydrogen) atoms. The predicted octanol–water partition coefficient (Wildman–Crippen LogP) is 13.2. The van der Waals surface area contributed by atoms with E-state index < -0.39 is 0 Å². The average Bonchev–Trinajstić information content (AvgIpc) is 2.62. The first-order chi connectivity index (χ1) is 14.2. The predicted molar refractivity (Wildman–Crippen MR) is 162 cm³/mol. The third-order valence-corrected chi connectivity index (χ3v) is 4.91. The van der Waals surface area contributed by atoms with Crippen LogP contribution < -0.4 is 0 Å². The van der Waals surface area contributed by atoms with Crippen LogP contribution in [0.5, 0.6) is 0 Å². The van der Waals surface area contributed by atoms with Gasteiger partial charge in [-0.2, -0.15) is 0 Å². The van der Waals surface area contributed by atoms with Gasteiger partial charge in [0, 0.05) is 0 Å². The van der Waals surface area contributed by atoms with Crippen LogP contribution in [-0.2, 0) is 0 Å². The van der Waals surface area contributed by atoms with E-state index in [1.54, 1.807) is 0 Å². The second kappa shape index (κ2) is 41.3. The summed E-state index contributed by atoms with van der Waals surface area (Å²) in [6.07, 6.45) is 6.37. The molecule has 0 aliphatic heterocycles. The van der Waals surface area contributed by atoms with Crippen molar-refractivity contribution in [2.75, 3.05) is 0 Å². The van der Waals surface area contributed by atoms with Crippen LogP contribution in [0.15, 0.2) is 0 Å². The zero-order valence-electron chi connectivity index (χ0n) is 26.6. The molecule has 206 valence electrons. The molecule has 0 spiro atoms. The molecule has 3 atom stereocenters. The summed E-state index contributed by atoms with van der Waals surface area (Å²) in [5.41, 5.74) is 0. The summed E-state index contributed by atoms with van der Waals surface area (Å²) >= 11 is 0. The molecule has 0 aromatic rings. The van der Waals surface area contributed by atoms with E-state index in [2.05, 4.69) is 132 Å². The molecule has 0 amide bonds. The summed E-state index contributed by atoms with van der Waals surface area (Å²) < 4.78 is 0. The largest absolute Gasteiger partial charge is 0.0776 e. The molecule has 0 heteroatoms. The third-order valence-electron chi connectivity index (χ3n) is 4.91. The van der Waals surface area contributed by atoms with Gasteiger partial charge in [-0.3, -0.25) is 0 Å². The fourth-order valence-corrected chi connectivity index (χ4v) is 2.23. The highest BCUT2D eigenvalue weighted by molar-refractivity contribution is 4.67. The second-order valence-corrected chi connectivity index (χ2v) is 10.9. The van der Waals surface area contributed by atoms with E-state index >= 15 is 0 Å². The standard InChI is InChI=1S/C10H22.C9H20.4C3H8.CH4/c1-7(2)9(5)10(6)8(3)4;1-7(2)6-9(5)8(3)4;4*1-3-2;/h7-10H,1-6H3;7-9H,6H2,1-5H3;4*3H2,1-2H3;1H4. The molecule has 0 aromatic heterocycles. The van der Waals surface area contributed by atoms with Crippen molar-refractivity contribution in [3.63, 3.8) is 0 Å². The van der Waals surface area contributed by atoms with Crippen LogP contribution in [0.4, 0.5) is 0 Å². The Kier molecular flexibility index (Phi) is 63.5. The van der Waals surface area contributed by atoms with Crippen molar-refractivity contribution in [2.45, 2.75) is 171 Å². The summed E-state index contributed by atoms with van der Waals surface area (Å²) in [7, 11) is 0. The fraction of sp³-hybridized carbons (Fsp3) is 1.00. The van der Waals surface area contributed by atoms with Crippen LogP contribution in [0.2, 0.25) is 0 Å². The highest BCUT2D eigenvalue weighted by Crippen LogP contribution is 2.25. The molecule has 3 unspecified atom stereocenters. The lowest BCUT2D eigenvalue weighted by Gasteiger charge is -2.26. The lowest BCUT2D eigenvalue weighted by Crippen LogP contribution is -2.18. The van der Waals surface area contributed by atoms with Crippen molar-refractivity contribution in [1.29, 1.82) is 0 Å². The summed E-state index contributed by atoms with van der Waals surface area (Å²) in [5, 5.41) is 0. The van der Waals surface area contributed by atoms with E-state index in [0.717, 1.165) is 41.4 Å². The SMILES string of the molecule is C.CC(C)C(C)C(C)C(C)C.CC(C)CC(C)C(C)C.CCC.CCC.CCC.CCC. The highest BCUT2D eigenvalue weighted by atomic mass is 14.2. The van der Waals surface area contributed by atoms with Crippen LogP contribution in [0.1, 0.15) is 171 Å². The normalized spacial score (nSPS) is 12.1. The van der Waals surface area contributed by atoms with E-state index in [9.17, 15) is 0 Å². The number of hydrogen-bond donors (Lipinski definition) is 0. The minimum Gasteiger partial charge on any atom is -0.0776 e. The highest BCUT2D eigenvalue weighted by Gasteiger charge is 2.17. The molecular weight excluding hydrogens is 384 g/mol. The first kappa shape index (κ1) is 49.2. The summed E-state index contributed by atoms with van der Waals surface area (Å²) in [6, 6.07) is 0. The smallest absolute Gasteiger partial charge is 0.0391 e. The molecule has 0 N–H and O–H groups in total. The van der Waals surface area contributed by atoms with Gasteiger partial charge in [0.2, 0.25) is 0 Å². The van der Waals surface area contributed by atoms with Crippen LogP contribution in [-0.4, -0.2) is 0 Å². The van der Waals surface area contributed by atoms with Gasteiger partial charge >= 0.3 is 0 Å². The van der Waals surface area contributed by atoms with Gasteiger partial charge in [-0.1, -0.05) is 165 Å². The van der Waals surface area contributed by atoms with E-state index in [1.807, 2.05) is 0 Å². The van der Waals surface area contributed by atoms with E-state index in [4.69, 9.17) is 0 Å². The Balaban J connectivity index is -0.0000000516. The Morgan fingerprint density at radius 2 is 0.562 bits per heavy atom. The van der Waals surface area contributed by atoms with E-state index in [0.29, 0.717) is 0 Å². The zero-order chi connectivity index (χ0) is 26.6. The van der Waals surface area contributed by atoms with Crippen molar-refractivity contribution < 1.29 is 0 Å². The van der Waals surface area contributed by atoms with E-state index in [1.165, 1.54) is 32.1 Å². The quantitative estimate of drug-likeness (QED) is 0.368. The lowest BCUT2D eigenvalue weighted by molar-refractivity contribution is 0.235. The third kappa shape index (κ3) is 63.1. The Hall–Kier alpha value is 0. The van der Waals surface area contributed by atoms with E-state index in [-0.39, 0.29) is 7.43 Å². The Bertz CT molecular complexity index is 216. The van der Waals surface area contributed by atoms with Gasteiger partial charge in [-0.25, -0.2) is 0 Å². The minimum absolute atomic E-state index is 0. The van der Waals surface area contributed by atoms with Crippen LogP contribution in [0.25, 0.3) is 0 Å². The molecule has 0 saturated carbocycles. The molecule has 0 saturated heterocycles. The minimum atomic E-state index is 0. The molecule has 0 aromatic carbocycles. The topological polar surface area (TPSA) is 0 Å². The maximum atomic E-state index is 2.36. The summed E-state index contributed by atoms with van der Waals surface area (Å²) in [6.45, 7) is 42.5. The van der Waals surface area contributed by atoms with Gasteiger partial charge in [0.05, 0.1) is 0 Å². The number of hydrogen-bond acceptors (Lipinski definition) is 0. The molecule has 0 fully saturated rings. The van der Waals surface area contributed by atoms with Gasteiger partial charge < -0.3 is 0 Å². The molecule has 0 bridgehead atoms. The average molecular weight is 463 g/mol. The van der Waals surface area contributed by atoms with Crippen LogP contribution >= 0.6 is 0 Å². The first-order valence-corrected chi connectivity index (χ1v) is 14.2. The number of rotatable bonds is 6. The van der Waals surface area contributed by atoms with Crippen molar-refractivity contribution >= 4 is 0 Å². The van der Waals surface area contributed by atoms with Crippen molar-refractivity contribution in [3.05, 3.63) is 0 Å². The van der Waals surface area contributed by atoms with Crippen molar-refractivity contribution in [2.24, 2.45) is 41.4 Å². The fourth-order valence-electron chi connectivity index (χ4n) is 2.23. The van der Waals surface area contributed by atoms with Gasteiger partial charge in [0.15, 0.2) is 0 Å².